The molecule has 3 heterocycles. The van der Waals surface area contributed by atoms with Crippen LogP contribution in [0.2, 0.25) is 0 Å². The first-order valence-electron chi connectivity index (χ1n) is 7.90. The molecule has 0 aliphatic heterocycles. The third-order valence-electron chi connectivity index (χ3n) is 4.00. The Balaban J connectivity index is 1.56. The summed E-state index contributed by atoms with van der Waals surface area (Å²) in [5.41, 5.74) is 3.41. The molecule has 0 bridgehead atoms. The van der Waals surface area contributed by atoms with Crippen molar-refractivity contribution in [2.24, 2.45) is 7.05 Å². The Bertz CT molecular complexity index is 1040. The van der Waals surface area contributed by atoms with Gasteiger partial charge in [-0.2, -0.15) is 0 Å². The topological polar surface area (TPSA) is 59.8 Å². The molecule has 1 N–H and O–H groups in total. The normalized spacial score (nSPS) is 10.9. The van der Waals surface area contributed by atoms with Gasteiger partial charge in [0, 0.05) is 42.3 Å². The maximum absolute atomic E-state index is 12.3. The lowest BCUT2D eigenvalue weighted by Crippen LogP contribution is -2.23. The lowest BCUT2D eigenvalue weighted by atomic mass is 10.2. The second kappa shape index (κ2) is 6.49. The average Bonchev–Trinajstić information content (AvgIpc) is 3.26. The van der Waals surface area contributed by atoms with E-state index in [2.05, 4.69) is 15.3 Å². The van der Waals surface area contributed by atoms with Crippen LogP contribution in [0.4, 0.5) is 0 Å². The number of nitrogens with one attached hydrogen (secondary N) is 1. The van der Waals surface area contributed by atoms with E-state index in [1.54, 1.807) is 11.6 Å². The number of nitrogens with zero attached hydrogens (tertiary/aromatic N) is 3. The standard InChI is InChI=1S/C19H16N4OS/c1-23-11-15(14-8-5-9-20-17(14)23)19-22-16(12-25-19)18(24)21-10-13-6-3-2-4-7-13/h2-9,11-12H,10H2,1H3,(H,21,24). The highest BCUT2D eigenvalue weighted by Gasteiger charge is 2.15. The Kier molecular flexibility index (Phi) is 4.03. The molecular formula is C19H16N4OS. The first kappa shape index (κ1) is 15.5. The number of carbonyl (C=O) groups is 1. The van der Waals surface area contributed by atoms with Gasteiger partial charge in [-0.25, -0.2) is 9.97 Å². The maximum atomic E-state index is 12.3. The molecular weight excluding hydrogens is 332 g/mol. The summed E-state index contributed by atoms with van der Waals surface area (Å²) in [4.78, 5) is 21.3. The Hall–Kier alpha value is -2.99. The van der Waals surface area contributed by atoms with Crippen LogP contribution in [-0.4, -0.2) is 20.4 Å². The van der Waals surface area contributed by atoms with Crippen LogP contribution < -0.4 is 5.32 Å². The molecule has 1 amide bonds. The fourth-order valence-corrected chi connectivity index (χ4v) is 3.58. The fourth-order valence-electron chi connectivity index (χ4n) is 2.75. The monoisotopic (exact) mass is 348 g/mol. The molecule has 124 valence electrons. The van der Waals surface area contributed by atoms with Crippen molar-refractivity contribution in [3.05, 3.63) is 71.5 Å². The quantitative estimate of drug-likeness (QED) is 0.613. The lowest BCUT2D eigenvalue weighted by Gasteiger charge is -2.02. The van der Waals surface area contributed by atoms with E-state index in [1.807, 2.05) is 60.3 Å². The van der Waals surface area contributed by atoms with Crippen LogP contribution in [0.1, 0.15) is 16.1 Å². The van der Waals surface area contributed by atoms with E-state index in [0.717, 1.165) is 27.2 Å². The van der Waals surface area contributed by atoms with Gasteiger partial charge >= 0.3 is 0 Å². The van der Waals surface area contributed by atoms with Crippen LogP contribution in [0.15, 0.2) is 60.2 Å². The highest BCUT2D eigenvalue weighted by atomic mass is 32.1. The summed E-state index contributed by atoms with van der Waals surface area (Å²) in [7, 11) is 1.96. The van der Waals surface area contributed by atoms with Gasteiger partial charge < -0.3 is 9.88 Å². The van der Waals surface area contributed by atoms with Crippen LogP contribution >= 0.6 is 11.3 Å². The number of fused-ring (bicyclic) bond motifs is 1. The minimum absolute atomic E-state index is 0.162. The van der Waals surface area contributed by atoms with Gasteiger partial charge in [-0.1, -0.05) is 30.3 Å². The lowest BCUT2D eigenvalue weighted by molar-refractivity contribution is 0.0946. The summed E-state index contributed by atoms with van der Waals surface area (Å²) in [6, 6.07) is 13.8. The summed E-state index contributed by atoms with van der Waals surface area (Å²) in [6.45, 7) is 0.491. The van der Waals surface area contributed by atoms with Crippen molar-refractivity contribution in [2.45, 2.75) is 6.54 Å². The van der Waals surface area contributed by atoms with Gasteiger partial charge in [-0.3, -0.25) is 4.79 Å². The Morgan fingerprint density at radius 1 is 1.20 bits per heavy atom. The number of carbonyl (C=O) groups excluding carboxylic acids is 1. The number of rotatable bonds is 4. The van der Waals surface area contributed by atoms with Crippen molar-refractivity contribution in [1.82, 2.24) is 19.9 Å². The SMILES string of the molecule is Cn1cc(-c2nc(C(=O)NCc3ccccc3)cs2)c2cccnc21. The van der Waals surface area contributed by atoms with E-state index in [4.69, 9.17) is 0 Å². The number of thiazole rings is 1. The zero-order chi connectivity index (χ0) is 17.2. The number of pyridine rings is 1. The molecule has 0 aliphatic rings. The van der Waals surface area contributed by atoms with Gasteiger partial charge in [-0.05, 0) is 17.7 Å². The molecule has 0 radical (unpaired) electrons. The van der Waals surface area contributed by atoms with E-state index >= 15 is 0 Å². The highest BCUT2D eigenvalue weighted by Crippen LogP contribution is 2.31. The van der Waals surface area contributed by atoms with Crippen LogP contribution in [-0.2, 0) is 13.6 Å². The number of hydrogen-bond acceptors (Lipinski definition) is 4. The molecule has 4 rings (SSSR count). The number of amides is 1. The molecule has 5 nitrogen and oxygen atoms in total. The molecule has 0 fully saturated rings. The van der Waals surface area contributed by atoms with Crippen LogP contribution in [0.25, 0.3) is 21.6 Å². The molecule has 0 unspecified atom stereocenters. The molecule has 6 heteroatoms. The van der Waals surface area contributed by atoms with Crippen molar-refractivity contribution < 1.29 is 4.79 Å². The minimum Gasteiger partial charge on any atom is -0.347 e. The maximum Gasteiger partial charge on any atom is 0.271 e. The smallest absolute Gasteiger partial charge is 0.271 e. The number of aryl methyl sites for hydroxylation is 1. The van der Waals surface area contributed by atoms with Crippen molar-refractivity contribution >= 4 is 28.3 Å². The van der Waals surface area contributed by atoms with Gasteiger partial charge in [0.25, 0.3) is 5.91 Å². The Morgan fingerprint density at radius 3 is 2.88 bits per heavy atom. The van der Waals surface area contributed by atoms with Gasteiger partial charge in [0.2, 0.25) is 0 Å². The summed E-state index contributed by atoms with van der Waals surface area (Å²) >= 11 is 1.47. The summed E-state index contributed by atoms with van der Waals surface area (Å²) in [5, 5.41) is 6.57. The number of benzene rings is 1. The highest BCUT2D eigenvalue weighted by molar-refractivity contribution is 7.13. The second-order valence-corrected chi connectivity index (χ2v) is 6.59. The molecule has 3 aromatic heterocycles. The largest absolute Gasteiger partial charge is 0.347 e. The molecule has 25 heavy (non-hydrogen) atoms. The molecule has 4 aromatic rings. The van der Waals surface area contributed by atoms with Crippen molar-refractivity contribution in [2.75, 3.05) is 0 Å². The first-order valence-corrected chi connectivity index (χ1v) is 8.78. The molecule has 0 saturated carbocycles. The molecule has 0 spiro atoms. The van der Waals surface area contributed by atoms with E-state index < -0.39 is 0 Å². The summed E-state index contributed by atoms with van der Waals surface area (Å²) < 4.78 is 1.97. The van der Waals surface area contributed by atoms with Crippen LogP contribution in [0.5, 0.6) is 0 Å². The number of hydrogen-bond donors (Lipinski definition) is 1. The van der Waals surface area contributed by atoms with Crippen LogP contribution in [0, 0.1) is 0 Å². The molecule has 1 aromatic carbocycles. The first-order chi connectivity index (χ1) is 12.2. The Morgan fingerprint density at radius 2 is 2.04 bits per heavy atom. The molecule has 0 aliphatic carbocycles. The second-order valence-electron chi connectivity index (χ2n) is 5.73. The molecule has 0 saturated heterocycles. The van der Waals surface area contributed by atoms with Gasteiger partial charge in [0.05, 0.1) is 0 Å². The molecule has 0 atom stereocenters. The fraction of sp³-hybridized carbons (Fsp3) is 0.105. The third kappa shape index (κ3) is 3.04. The summed E-state index contributed by atoms with van der Waals surface area (Å²) in [5.74, 6) is -0.162. The van der Waals surface area contributed by atoms with Gasteiger partial charge in [0.1, 0.15) is 16.3 Å². The van der Waals surface area contributed by atoms with Crippen LogP contribution in [0.3, 0.4) is 0 Å². The van der Waals surface area contributed by atoms with Crippen molar-refractivity contribution in [3.8, 4) is 10.6 Å². The number of aromatic nitrogens is 3. The van der Waals surface area contributed by atoms with E-state index in [9.17, 15) is 4.79 Å². The zero-order valence-electron chi connectivity index (χ0n) is 13.6. The average molecular weight is 348 g/mol. The van der Waals surface area contributed by atoms with Crippen molar-refractivity contribution in [1.29, 1.82) is 0 Å². The predicted molar refractivity (Wildman–Crippen MR) is 99.4 cm³/mol. The summed E-state index contributed by atoms with van der Waals surface area (Å²) in [6.07, 6.45) is 3.78. The minimum atomic E-state index is -0.162. The zero-order valence-corrected chi connectivity index (χ0v) is 14.5. The van der Waals surface area contributed by atoms with E-state index in [-0.39, 0.29) is 5.91 Å². The Labute approximate surface area is 149 Å². The van der Waals surface area contributed by atoms with Crippen molar-refractivity contribution in [3.63, 3.8) is 0 Å². The van der Waals surface area contributed by atoms with Gasteiger partial charge in [-0.15, -0.1) is 11.3 Å². The predicted octanol–water partition coefficient (Wildman–Crippen LogP) is 3.63. The van der Waals surface area contributed by atoms with E-state index in [1.165, 1.54) is 11.3 Å². The third-order valence-corrected chi connectivity index (χ3v) is 4.87. The van der Waals surface area contributed by atoms with Gasteiger partial charge in [0.15, 0.2) is 0 Å². The van der Waals surface area contributed by atoms with E-state index in [0.29, 0.717) is 12.2 Å².